The molecule has 2 N–H and O–H groups in total. The molecule has 3 nitrogen and oxygen atoms in total. The third kappa shape index (κ3) is 3.19. The van der Waals surface area contributed by atoms with Gasteiger partial charge in [0.05, 0.1) is 16.6 Å². The highest BCUT2D eigenvalue weighted by Gasteiger charge is 2.64. The van der Waals surface area contributed by atoms with Crippen LogP contribution in [0.1, 0.15) is 63.9 Å². The molecule has 5 unspecified atom stereocenters. The maximum atomic E-state index is 12.4. The molecule has 1 heterocycles. The lowest BCUT2D eigenvalue weighted by molar-refractivity contribution is -0.106. The first-order chi connectivity index (χ1) is 15.7. The molecule has 0 aliphatic heterocycles. The summed E-state index contributed by atoms with van der Waals surface area (Å²) >= 11 is 13.8. The summed E-state index contributed by atoms with van der Waals surface area (Å²) in [5, 5.41) is 25.2. The molecule has 1 aromatic carbocycles. The maximum absolute atomic E-state index is 12.4. The van der Waals surface area contributed by atoms with Crippen molar-refractivity contribution < 1.29 is 10.2 Å². The average Bonchev–Trinajstić information content (AvgIpc) is 3.09. The molecule has 6 atom stereocenters. The molecular formula is C28H31Cl2NO2. The van der Waals surface area contributed by atoms with Crippen molar-refractivity contribution in [1.29, 1.82) is 0 Å². The highest BCUT2D eigenvalue weighted by atomic mass is 35.5. The number of halogens is 2. The van der Waals surface area contributed by atoms with Crippen molar-refractivity contribution in [3.05, 3.63) is 58.9 Å². The van der Waals surface area contributed by atoms with Crippen molar-refractivity contribution in [2.75, 3.05) is 0 Å². The number of hydrogen-bond acceptors (Lipinski definition) is 3. The first-order valence-electron chi connectivity index (χ1n) is 12.3. The van der Waals surface area contributed by atoms with Crippen molar-refractivity contribution >= 4 is 39.5 Å². The van der Waals surface area contributed by atoms with E-state index in [1.807, 2.05) is 6.07 Å². The van der Waals surface area contributed by atoms with Gasteiger partial charge in [-0.3, -0.25) is 0 Å². The molecule has 0 spiro atoms. The Morgan fingerprint density at radius 3 is 2.79 bits per heavy atom. The predicted molar refractivity (Wildman–Crippen MR) is 134 cm³/mol. The normalized spacial score (nSPS) is 40.3. The van der Waals surface area contributed by atoms with E-state index >= 15 is 0 Å². The Morgan fingerprint density at radius 1 is 1.09 bits per heavy atom. The SMILES string of the molecule is CC12CCC3(Cl)C=C4CC(O)CCC4CC[C@]3(O)C1CC=C2c1ccc2ccnc(Cl)c2c1. The number of aromatic nitrogens is 1. The van der Waals surface area contributed by atoms with Gasteiger partial charge >= 0.3 is 0 Å². The van der Waals surface area contributed by atoms with Crippen LogP contribution in [0.15, 0.2) is 48.2 Å². The smallest absolute Gasteiger partial charge is 0.136 e. The van der Waals surface area contributed by atoms with Crippen molar-refractivity contribution in [3.8, 4) is 0 Å². The summed E-state index contributed by atoms with van der Waals surface area (Å²) in [4.78, 5) is 3.50. The first kappa shape index (κ1) is 22.1. The number of aliphatic hydroxyl groups is 2. The largest absolute Gasteiger partial charge is 0.393 e. The molecule has 0 bridgehead atoms. The molecule has 2 saturated carbocycles. The fourth-order valence-corrected chi connectivity index (χ4v) is 8.22. The minimum absolute atomic E-state index is 0.0632. The molecule has 0 saturated heterocycles. The van der Waals surface area contributed by atoms with E-state index in [0.717, 1.165) is 54.9 Å². The van der Waals surface area contributed by atoms with Gasteiger partial charge < -0.3 is 10.2 Å². The number of alkyl halides is 1. The number of pyridine rings is 1. The van der Waals surface area contributed by atoms with Gasteiger partial charge in [-0.2, -0.15) is 0 Å². The molecular weight excluding hydrogens is 453 g/mol. The highest BCUT2D eigenvalue weighted by Crippen LogP contribution is 2.65. The Bertz CT molecular complexity index is 1190. The monoisotopic (exact) mass is 483 g/mol. The van der Waals surface area contributed by atoms with E-state index in [9.17, 15) is 10.2 Å². The minimum Gasteiger partial charge on any atom is -0.393 e. The lowest BCUT2D eigenvalue weighted by Gasteiger charge is -2.56. The second-order valence-corrected chi connectivity index (χ2v) is 12.1. The molecule has 0 radical (unpaired) electrons. The third-order valence-electron chi connectivity index (χ3n) is 9.41. The summed E-state index contributed by atoms with van der Waals surface area (Å²) < 4.78 is 0. The number of nitrogens with zero attached hydrogens (tertiary/aromatic N) is 1. The van der Waals surface area contributed by atoms with Crippen LogP contribution in [0, 0.1) is 17.3 Å². The number of allylic oxidation sites excluding steroid dienone is 2. The van der Waals surface area contributed by atoms with Gasteiger partial charge in [-0.05, 0) is 91.4 Å². The molecule has 5 heteroatoms. The molecule has 2 fully saturated rings. The van der Waals surface area contributed by atoms with Gasteiger partial charge in [0.2, 0.25) is 0 Å². The van der Waals surface area contributed by atoms with Crippen molar-refractivity contribution in [1.82, 2.24) is 4.98 Å². The van der Waals surface area contributed by atoms with Crippen LogP contribution < -0.4 is 0 Å². The van der Waals surface area contributed by atoms with Crippen LogP contribution >= 0.6 is 23.2 Å². The number of benzene rings is 1. The first-order valence-corrected chi connectivity index (χ1v) is 13.1. The molecule has 1 aromatic heterocycles. The Kier molecular flexibility index (Phi) is 5.06. The van der Waals surface area contributed by atoms with Gasteiger partial charge in [-0.25, -0.2) is 4.98 Å². The van der Waals surface area contributed by atoms with Gasteiger partial charge in [-0.15, -0.1) is 11.6 Å². The van der Waals surface area contributed by atoms with Crippen LogP contribution in [0.5, 0.6) is 0 Å². The zero-order valence-corrected chi connectivity index (χ0v) is 20.5. The second-order valence-electron chi connectivity index (χ2n) is 11.0. The van der Waals surface area contributed by atoms with Gasteiger partial charge in [0.1, 0.15) is 5.15 Å². The Balaban J connectivity index is 1.39. The van der Waals surface area contributed by atoms with Gasteiger partial charge in [-0.1, -0.05) is 48.4 Å². The van der Waals surface area contributed by atoms with Crippen LogP contribution in [-0.2, 0) is 0 Å². The van der Waals surface area contributed by atoms with E-state index < -0.39 is 10.5 Å². The molecule has 2 aromatic rings. The van der Waals surface area contributed by atoms with E-state index in [4.69, 9.17) is 23.2 Å². The summed E-state index contributed by atoms with van der Waals surface area (Å²) in [7, 11) is 0. The summed E-state index contributed by atoms with van der Waals surface area (Å²) in [6.07, 6.45) is 12.6. The number of fused-ring (bicyclic) bond motifs is 5. The topological polar surface area (TPSA) is 53.4 Å². The Hall–Kier alpha value is -1.39. The van der Waals surface area contributed by atoms with Crippen molar-refractivity contribution in [2.24, 2.45) is 17.3 Å². The summed E-state index contributed by atoms with van der Waals surface area (Å²) in [6, 6.07) is 8.43. The molecule has 174 valence electrons. The lowest BCUT2D eigenvalue weighted by atomic mass is 9.54. The van der Waals surface area contributed by atoms with Crippen molar-refractivity contribution in [3.63, 3.8) is 0 Å². The summed E-state index contributed by atoms with van der Waals surface area (Å²) in [5.74, 6) is 0.502. The van der Waals surface area contributed by atoms with Crippen LogP contribution in [0.25, 0.3) is 16.3 Å². The van der Waals surface area contributed by atoms with E-state index in [0.29, 0.717) is 23.9 Å². The van der Waals surface area contributed by atoms with Gasteiger partial charge in [0.15, 0.2) is 0 Å². The van der Waals surface area contributed by atoms with Crippen molar-refractivity contribution in [2.45, 2.75) is 74.9 Å². The van der Waals surface area contributed by atoms with Gasteiger partial charge in [0, 0.05) is 17.5 Å². The second kappa shape index (κ2) is 7.55. The zero-order valence-electron chi connectivity index (χ0n) is 19.0. The summed E-state index contributed by atoms with van der Waals surface area (Å²) in [5.41, 5.74) is 2.61. The number of aliphatic hydroxyl groups excluding tert-OH is 1. The predicted octanol–water partition coefficient (Wildman–Crippen LogP) is 6.68. The number of rotatable bonds is 1. The molecule has 4 aliphatic carbocycles. The molecule has 6 rings (SSSR count). The zero-order chi connectivity index (χ0) is 23.0. The maximum Gasteiger partial charge on any atom is 0.136 e. The fraction of sp³-hybridized carbons (Fsp3) is 0.536. The van der Waals surface area contributed by atoms with E-state index in [1.165, 1.54) is 11.1 Å². The number of hydrogen-bond donors (Lipinski definition) is 2. The third-order valence-corrected chi connectivity index (χ3v) is 10.3. The van der Waals surface area contributed by atoms with E-state index in [1.54, 1.807) is 6.20 Å². The molecule has 33 heavy (non-hydrogen) atoms. The van der Waals surface area contributed by atoms with Gasteiger partial charge in [0.25, 0.3) is 0 Å². The lowest BCUT2D eigenvalue weighted by Crippen LogP contribution is -2.61. The van der Waals surface area contributed by atoms with E-state index in [-0.39, 0.29) is 17.4 Å². The quantitative estimate of drug-likeness (QED) is 0.270. The molecule has 0 amide bonds. The standard InChI is InChI=1S/C28H31Cl2NO2/c1-26-11-12-27(30)16-20-14-21(32)5-4-17(20)8-10-28(27,33)24(26)7-6-23(26)19-3-2-18-9-13-31-25(29)22(18)15-19/h2-3,6,9,13,15-17,21,24,32-33H,4-5,7-8,10-12,14H2,1H3/t17?,21?,24?,26?,27?,28-/m0/s1. The Morgan fingerprint density at radius 2 is 1.94 bits per heavy atom. The van der Waals surface area contributed by atoms with Crippen LogP contribution in [0.3, 0.4) is 0 Å². The van der Waals surface area contributed by atoms with Crippen LogP contribution in [-0.4, -0.2) is 31.8 Å². The average molecular weight is 484 g/mol. The van der Waals surface area contributed by atoms with E-state index in [2.05, 4.69) is 42.3 Å². The minimum atomic E-state index is -0.967. The summed E-state index contributed by atoms with van der Waals surface area (Å²) in [6.45, 7) is 2.31. The van der Waals surface area contributed by atoms with Crippen LogP contribution in [0.2, 0.25) is 5.15 Å². The molecule has 4 aliphatic rings. The Labute approximate surface area is 205 Å². The highest BCUT2D eigenvalue weighted by molar-refractivity contribution is 6.34. The fourth-order valence-electron chi connectivity index (χ4n) is 7.54. The van der Waals surface area contributed by atoms with Crippen LogP contribution in [0.4, 0.5) is 0 Å².